The van der Waals surface area contributed by atoms with Crippen molar-refractivity contribution in [3.8, 4) is 0 Å². The van der Waals surface area contributed by atoms with Gasteiger partial charge in [-0.05, 0) is 61.2 Å². The lowest BCUT2D eigenvalue weighted by Gasteiger charge is -2.59. The molecule has 4 rings (SSSR count). The second-order valence-electron chi connectivity index (χ2n) is 8.73. The van der Waals surface area contributed by atoms with Gasteiger partial charge >= 0.3 is 0 Å². The van der Waals surface area contributed by atoms with Crippen LogP contribution in [0.25, 0.3) is 0 Å². The van der Waals surface area contributed by atoms with Crippen LogP contribution >= 0.6 is 0 Å². The van der Waals surface area contributed by atoms with Crippen molar-refractivity contribution in [2.24, 2.45) is 34.5 Å². The van der Waals surface area contributed by atoms with Crippen LogP contribution in [0, 0.1) is 34.5 Å². The topological polar surface area (TPSA) is 66.8 Å². The molecule has 4 heteroatoms. The molecule has 0 amide bonds. The summed E-state index contributed by atoms with van der Waals surface area (Å²) in [5.74, 6) is 2.04. The number of rotatable bonds is 0. The predicted molar refractivity (Wildman–Crippen MR) is 80.8 cm³/mol. The maximum Gasteiger partial charge on any atom is 0.167 e. The Kier molecular flexibility index (Phi) is 3.28. The summed E-state index contributed by atoms with van der Waals surface area (Å²) in [6, 6.07) is 0. The number of aliphatic hydroxyl groups excluding tert-OH is 2. The molecule has 0 unspecified atom stereocenters. The van der Waals surface area contributed by atoms with Gasteiger partial charge in [0.15, 0.2) is 12.1 Å². The van der Waals surface area contributed by atoms with Gasteiger partial charge in [-0.15, -0.1) is 0 Å². The van der Waals surface area contributed by atoms with Gasteiger partial charge in [-0.2, -0.15) is 0 Å². The first-order valence-corrected chi connectivity index (χ1v) is 8.88. The molecule has 8 atom stereocenters. The standard InChI is InChI=1S/C18H28O4/c1-17-6-5-12-11(13(17)8-14(19)16(17)21)4-3-10-7-15(20)22-9-18(10,12)2/h10-15,19-20H,3-9H2,1-2H3/t10-,11-,12+,13+,14-,15-,17+,18+/m1/s1. The van der Waals surface area contributed by atoms with Crippen molar-refractivity contribution in [3.63, 3.8) is 0 Å². The summed E-state index contributed by atoms with van der Waals surface area (Å²) < 4.78 is 5.62. The SMILES string of the molecule is C[C@]12CO[C@@H](O)C[C@H]1CC[C@@H]1[C@@H]2CC[C@]2(C)C(=O)[C@H](O)C[C@@H]12. The Bertz CT molecular complexity index is 491. The molecule has 1 heterocycles. The average molecular weight is 308 g/mol. The van der Waals surface area contributed by atoms with E-state index in [0.717, 1.165) is 32.1 Å². The minimum Gasteiger partial charge on any atom is -0.385 e. The molecule has 0 bridgehead atoms. The van der Waals surface area contributed by atoms with Crippen LogP contribution in [-0.2, 0) is 9.53 Å². The van der Waals surface area contributed by atoms with Crippen LogP contribution in [0.5, 0.6) is 0 Å². The smallest absolute Gasteiger partial charge is 0.167 e. The molecule has 2 N–H and O–H groups in total. The van der Waals surface area contributed by atoms with Crippen molar-refractivity contribution >= 4 is 5.78 Å². The van der Waals surface area contributed by atoms with E-state index in [4.69, 9.17) is 4.74 Å². The van der Waals surface area contributed by atoms with Gasteiger partial charge in [-0.1, -0.05) is 13.8 Å². The molecule has 1 saturated heterocycles. The monoisotopic (exact) mass is 308 g/mol. The van der Waals surface area contributed by atoms with Gasteiger partial charge in [0.05, 0.1) is 6.61 Å². The Labute approximate surface area is 132 Å². The van der Waals surface area contributed by atoms with Crippen molar-refractivity contribution in [3.05, 3.63) is 0 Å². The zero-order chi connectivity index (χ0) is 15.7. The van der Waals surface area contributed by atoms with Crippen molar-refractivity contribution in [1.29, 1.82) is 0 Å². The lowest BCUT2D eigenvalue weighted by atomic mass is 9.47. The molecule has 0 aromatic heterocycles. The van der Waals surface area contributed by atoms with Gasteiger partial charge in [0, 0.05) is 11.8 Å². The maximum absolute atomic E-state index is 12.4. The Hall–Kier alpha value is -0.450. The van der Waals surface area contributed by atoms with Gasteiger partial charge in [-0.3, -0.25) is 4.79 Å². The van der Waals surface area contributed by atoms with Crippen molar-refractivity contribution in [1.82, 2.24) is 0 Å². The summed E-state index contributed by atoms with van der Waals surface area (Å²) >= 11 is 0. The molecule has 0 aromatic carbocycles. The fourth-order valence-corrected chi connectivity index (χ4v) is 6.52. The third-order valence-electron chi connectivity index (χ3n) is 7.87. The number of carbonyl (C=O) groups is 1. The van der Waals surface area contributed by atoms with Gasteiger partial charge in [0.1, 0.15) is 6.10 Å². The van der Waals surface area contributed by atoms with E-state index < -0.39 is 12.4 Å². The van der Waals surface area contributed by atoms with E-state index in [9.17, 15) is 15.0 Å². The molecule has 0 spiro atoms. The molecular weight excluding hydrogens is 280 g/mol. The quantitative estimate of drug-likeness (QED) is 0.719. The summed E-state index contributed by atoms with van der Waals surface area (Å²) in [7, 11) is 0. The predicted octanol–water partition coefficient (Wildman–Crippen LogP) is 2.12. The van der Waals surface area contributed by atoms with Crippen LogP contribution in [0.3, 0.4) is 0 Å². The number of carbonyl (C=O) groups excluding carboxylic acids is 1. The van der Waals surface area contributed by atoms with Crippen molar-refractivity contribution in [2.45, 2.75) is 64.8 Å². The highest BCUT2D eigenvalue weighted by Gasteiger charge is 2.62. The molecule has 4 aliphatic rings. The normalized spacial score (nSPS) is 57.9. The van der Waals surface area contributed by atoms with Crippen LogP contribution < -0.4 is 0 Å². The van der Waals surface area contributed by atoms with E-state index in [1.807, 2.05) is 0 Å². The molecule has 4 fully saturated rings. The highest BCUT2D eigenvalue weighted by molar-refractivity contribution is 5.91. The second kappa shape index (κ2) is 4.78. The zero-order valence-electron chi connectivity index (χ0n) is 13.6. The van der Waals surface area contributed by atoms with Crippen molar-refractivity contribution < 1.29 is 19.7 Å². The Morgan fingerprint density at radius 1 is 1.09 bits per heavy atom. The van der Waals surface area contributed by atoms with Gasteiger partial charge in [0.2, 0.25) is 0 Å². The third-order valence-corrected chi connectivity index (χ3v) is 7.87. The first-order chi connectivity index (χ1) is 10.4. The largest absolute Gasteiger partial charge is 0.385 e. The number of hydrogen-bond acceptors (Lipinski definition) is 4. The molecule has 22 heavy (non-hydrogen) atoms. The van der Waals surface area contributed by atoms with Crippen LogP contribution in [0.2, 0.25) is 0 Å². The minimum atomic E-state index is -0.747. The zero-order valence-corrected chi connectivity index (χ0v) is 13.6. The summed E-state index contributed by atoms with van der Waals surface area (Å²) in [4.78, 5) is 12.4. The summed E-state index contributed by atoms with van der Waals surface area (Å²) in [5.41, 5.74) is -0.182. The van der Waals surface area contributed by atoms with Crippen LogP contribution in [-0.4, -0.2) is 35.0 Å². The Morgan fingerprint density at radius 2 is 1.86 bits per heavy atom. The van der Waals surface area contributed by atoms with E-state index >= 15 is 0 Å². The second-order valence-corrected chi connectivity index (χ2v) is 8.73. The average Bonchev–Trinajstić information content (AvgIpc) is 2.72. The number of ketones is 1. The number of hydrogen-bond donors (Lipinski definition) is 2. The van der Waals surface area contributed by atoms with E-state index in [-0.39, 0.29) is 16.6 Å². The molecule has 0 aromatic rings. The van der Waals surface area contributed by atoms with E-state index in [1.54, 1.807) is 0 Å². The molecule has 1 aliphatic heterocycles. The van der Waals surface area contributed by atoms with Crippen LogP contribution in [0.15, 0.2) is 0 Å². The van der Waals surface area contributed by atoms with E-state index in [0.29, 0.717) is 36.7 Å². The Balaban J connectivity index is 1.64. The molecular formula is C18H28O4. The number of fused-ring (bicyclic) bond motifs is 5. The number of aliphatic hydroxyl groups is 2. The fraction of sp³-hybridized carbons (Fsp3) is 0.944. The highest BCUT2D eigenvalue weighted by Crippen LogP contribution is 2.64. The molecule has 4 nitrogen and oxygen atoms in total. The van der Waals surface area contributed by atoms with Gasteiger partial charge in [0.25, 0.3) is 0 Å². The lowest BCUT2D eigenvalue weighted by molar-refractivity contribution is -0.225. The Morgan fingerprint density at radius 3 is 2.64 bits per heavy atom. The van der Waals surface area contributed by atoms with Gasteiger partial charge in [-0.25, -0.2) is 0 Å². The highest BCUT2D eigenvalue weighted by atomic mass is 16.6. The first-order valence-electron chi connectivity index (χ1n) is 8.88. The van der Waals surface area contributed by atoms with Gasteiger partial charge < -0.3 is 14.9 Å². The van der Waals surface area contributed by atoms with E-state index in [1.165, 1.54) is 0 Å². The summed E-state index contributed by atoms with van der Waals surface area (Å²) in [6.07, 6.45) is 4.28. The molecule has 0 radical (unpaired) electrons. The fourth-order valence-electron chi connectivity index (χ4n) is 6.52. The maximum atomic E-state index is 12.4. The first kappa shape index (κ1) is 15.1. The molecule has 3 saturated carbocycles. The number of ether oxygens (including phenoxy) is 1. The number of Topliss-reactive ketones (excluding diaryl/α,β-unsaturated/α-hetero) is 1. The summed E-state index contributed by atoms with van der Waals surface area (Å²) in [5, 5.41) is 19.9. The summed E-state index contributed by atoms with van der Waals surface area (Å²) in [6.45, 7) is 5.05. The third kappa shape index (κ3) is 1.83. The van der Waals surface area contributed by atoms with E-state index in [2.05, 4.69) is 13.8 Å². The van der Waals surface area contributed by atoms with Crippen LogP contribution in [0.4, 0.5) is 0 Å². The molecule has 124 valence electrons. The van der Waals surface area contributed by atoms with Crippen LogP contribution in [0.1, 0.15) is 52.4 Å². The van der Waals surface area contributed by atoms with Crippen molar-refractivity contribution in [2.75, 3.05) is 6.61 Å². The minimum absolute atomic E-state index is 0.0820. The molecule has 3 aliphatic carbocycles. The lowest BCUT2D eigenvalue weighted by Crippen LogP contribution is -2.56.